The summed E-state index contributed by atoms with van der Waals surface area (Å²) >= 11 is 1.22. The minimum atomic E-state index is -1.35. The molecule has 1 aromatic carbocycles. The van der Waals surface area contributed by atoms with Crippen molar-refractivity contribution in [1.29, 1.82) is 0 Å². The highest BCUT2D eigenvalue weighted by atomic mass is 32.2. The smallest absolute Gasteiger partial charge is 0.356 e. The number of rotatable bonds is 4. The van der Waals surface area contributed by atoms with Gasteiger partial charge >= 0.3 is 5.97 Å². The number of β-lactam (4-membered cyclic amide) rings is 1. The number of benzene rings is 1. The molecule has 23 heavy (non-hydrogen) atoms. The van der Waals surface area contributed by atoms with Crippen molar-refractivity contribution in [2.75, 3.05) is 5.75 Å². The molecule has 0 bridgehead atoms. The minimum absolute atomic E-state index is 0.0983. The molecule has 2 heterocycles. The number of nitrogens with zero attached hydrogens (tertiary/aromatic N) is 1. The number of hydrogen-bond donors (Lipinski definition) is 3. The highest BCUT2D eigenvalue weighted by molar-refractivity contribution is 8.00. The minimum Gasteiger partial charge on any atom is -0.509 e. The largest absolute Gasteiger partial charge is 0.509 e. The average molecular weight is 334 g/mol. The highest BCUT2D eigenvalue weighted by Crippen LogP contribution is 2.39. The summed E-state index contributed by atoms with van der Waals surface area (Å²) in [6, 6.07) is 8.35. The van der Waals surface area contributed by atoms with Crippen LogP contribution in [0.3, 0.4) is 0 Å². The Bertz CT molecular complexity index is 703. The van der Waals surface area contributed by atoms with Gasteiger partial charge in [-0.15, -0.1) is 11.8 Å². The van der Waals surface area contributed by atoms with Crippen molar-refractivity contribution in [3.8, 4) is 0 Å². The molecular weight excluding hydrogens is 320 g/mol. The quantitative estimate of drug-likeness (QED) is 0.692. The van der Waals surface area contributed by atoms with Gasteiger partial charge in [-0.2, -0.15) is 0 Å². The number of fused-ring (bicyclic) bond motifs is 1. The Morgan fingerprint density at radius 3 is 2.65 bits per heavy atom. The summed E-state index contributed by atoms with van der Waals surface area (Å²) in [5.74, 6) is -2.41. The van der Waals surface area contributed by atoms with Gasteiger partial charge in [0.25, 0.3) is 5.91 Å². The average Bonchev–Trinajstić information content (AvgIpc) is 2.53. The molecule has 0 aliphatic carbocycles. The number of thioether (sulfide) groups is 1. The van der Waals surface area contributed by atoms with Gasteiger partial charge < -0.3 is 15.5 Å². The summed E-state index contributed by atoms with van der Waals surface area (Å²) in [7, 11) is 0. The maximum Gasteiger partial charge on any atom is 0.356 e. The molecule has 2 aliphatic heterocycles. The number of carbonyl (C=O) groups is 3. The molecular formula is C15H14N2O5S. The molecule has 2 atom stereocenters. The molecule has 0 saturated carbocycles. The van der Waals surface area contributed by atoms with Gasteiger partial charge in [0, 0.05) is 0 Å². The van der Waals surface area contributed by atoms with Crippen molar-refractivity contribution in [3.63, 3.8) is 0 Å². The number of carboxylic acid groups (broad SMARTS) is 1. The molecule has 1 saturated heterocycles. The van der Waals surface area contributed by atoms with Crippen LogP contribution in [0.5, 0.6) is 0 Å². The first kappa shape index (κ1) is 15.4. The summed E-state index contributed by atoms with van der Waals surface area (Å²) in [6.07, 6.45) is 0.148. The maximum absolute atomic E-state index is 12.1. The predicted molar refractivity (Wildman–Crippen MR) is 82.5 cm³/mol. The molecule has 3 N–H and O–H groups in total. The van der Waals surface area contributed by atoms with Gasteiger partial charge in [-0.25, -0.2) is 4.79 Å². The van der Waals surface area contributed by atoms with E-state index in [1.54, 1.807) is 0 Å². The van der Waals surface area contributed by atoms with Crippen molar-refractivity contribution in [2.45, 2.75) is 17.8 Å². The molecule has 0 unspecified atom stereocenters. The van der Waals surface area contributed by atoms with E-state index in [9.17, 15) is 19.5 Å². The topological polar surface area (TPSA) is 107 Å². The fourth-order valence-electron chi connectivity index (χ4n) is 2.61. The summed E-state index contributed by atoms with van der Waals surface area (Å²) in [6.45, 7) is 0. The molecule has 1 aromatic rings. The van der Waals surface area contributed by atoms with Gasteiger partial charge in [-0.1, -0.05) is 30.3 Å². The Morgan fingerprint density at radius 2 is 2.00 bits per heavy atom. The number of aliphatic hydroxyl groups is 1. The van der Waals surface area contributed by atoms with Crippen LogP contribution >= 0.6 is 11.8 Å². The molecule has 0 spiro atoms. The zero-order valence-corrected chi connectivity index (χ0v) is 12.7. The molecule has 120 valence electrons. The van der Waals surface area contributed by atoms with E-state index in [2.05, 4.69) is 5.32 Å². The van der Waals surface area contributed by atoms with Crippen LogP contribution in [0.1, 0.15) is 5.56 Å². The van der Waals surface area contributed by atoms with Gasteiger partial charge in [-0.05, 0) is 5.56 Å². The molecule has 2 aliphatic rings. The van der Waals surface area contributed by atoms with Crippen LogP contribution in [-0.4, -0.2) is 50.1 Å². The number of hydrogen-bond acceptors (Lipinski definition) is 5. The van der Waals surface area contributed by atoms with Crippen molar-refractivity contribution in [3.05, 3.63) is 47.4 Å². The van der Waals surface area contributed by atoms with Gasteiger partial charge in [0.1, 0.15) is 17.2 Å². The van der Waals surface area contributed by atoms with Crippen LogP contribution in [0.4, 0.5) is 0 Å². The van der Waals surface area contributed by atoms with Crippen molar-refractivity contribution < 1.29 is 24.6 Å². The van der Waals surface area contributed by atoms with Crippen molar-refractivity contribution in [1.82, 2.24) is 10.2 Å². The van der Waals surface area contributed by atoms with E-state index in [1.807, 2.05) is 30.3 Å². The summed E-state index contributed by atoms with van der Waals surface area (Å²) < 4.78 is 0. The van der Waals surface area contributed by atoms with Crippen molar-refractivity contribution in [2.24, 2.45) is 0 Å². The van der Waals surface area contributed by atoms with E-state index >= 15 is 0 Å². The lowest BCUT2D eigenvalue weighted by Crippen LogP contribution is -2.70. The van der Waals surface area contributed by atoms with Gasteiger partial charge in [0.15, 0.2) is 5.70 Å². The second kappa shape index (κ2) is 5.96. The van der Waals surface area contributed by atoms with E-state index < -0.39 is 29.0 Å². The van der Waals surface area contributed by atoms with Crippen molar-refractivity contribution >= 4 is 29.5 Å². The molecule has 3 rings (SSSR count). The first-order chi connectivity index (χ1) is 11.0. The number of aliphatic hydroxyl groups excluding tert-OH is 1. The molecule has 1 fully saturated rings. The van der Waals surface area contributed by atoms with E-state index in [1.165, 1.54) is 11.8 Å². The fraction of sp³-hybridized carbons (Fsp3) is 0.267. The zero-order valence-electron chi connectivity index (χ0n) is 11.9. The summed E-state index contributed by atoms with van der Waals surface area (Å²) in [4.78, 5) is 36.4. The highest BCUT2D eigenvalue weighted by Gasteiger charge is 2.54. The number of amides is 2. The lowest BCUT2D eigenvalue weighted by molar-refractivity contribution is -0.151. The molecule has 0 radical (unpaired) electrons. The second-order valence-electron chi connectivity index (χ2n) is 5.22. The standard InChI is InChI=1S/C15H14N2O5S/c18-9-7-23-14-11(13(20)17(14)12(9)15(21)22)16-10(19)6-8-4-2-1-3-5-8/h1-5,11,14,18H,6-7H2,(H,16,19)(H,21,22)/t11-,14+/m1/s1. The third-order valence-electron chi connectivity index (χ3n) is 3.67. The molecule has 8 heteroatoms. The first-order valence-corrected chi connectivity index (χ1v) is 7.97. The fourth-order valence-corrected chi connectivity index (χ4v) is 3.81. The second-order valence-corrected chi connectivity index (χ2v) is 6.32. The SMILES string of the molecule is O=C(Cc1ccccc1)N[C@@H]1C(=O)N2C(C(=O)O)=C(O)CS[C@@H]12. The monoisotopic (exact) mass is 334 g/mol. The predicted octanol–water partition coefficient (Wildman–Crippen LogP) is 0.483. The van der Waals surface area contributed by atoms with Gasteiger partial charge in [0.05, 0.1) is 12.2 Å². The maximum atomic E-state index is 12.1. The van der Waals surface area contributed by atoms with Gasteiger partial charge in [0.2, 0.25) is 5.91 Å². The molecule has 2 amide bonds. The van der Waals surface area contributed by atoms with E-state index in [-0.39, 0.29) is 23.8 Å². The van der Waals surface area contributed by atoms with Crippen LogP contribution < -0.4 is 5.32 Å². The van der Waals surface area contributed by atoms with Crippen LogP contribution in [0.15, 0.2) is 41.8 Å². The Morgan fingerprint density at radius 1 is 1.30 bits per heavy atom. The number of nitrogens with one attached hydrogen (secondary N) is 1. The molecule has 0 aromatic heterocycles. The Hall–Kier alpha value is -2.48. The third-order valence-corrected chi connectivity index (χ3v) is 4.94. The van der Waals surface area contributed by atoms with E-state index in [0.29, 0.717) is 0 Å². The molecule has 7 nitrogen and oxygen atoms in total. The van der Waals surface area contributed by atoms with Crippen LogP contribution in [0, 0.1) is 0 Å². The first-order valence-electron chi connectivity index (χ1n) is 6.92. The Kier molecular flexibility index (Phi) is 3.99. The summed E-state index contributed by atoms with van der Waals surface area (Å²) in [5.41, 5.74) is 0.431. The van der Waals surface area contributed by atoms with Crippen LogP contribution in [0.25, 0.3) is 0 Å². The van der Waals surface area contributed by atoms with E-state index in [4.69, 9.17) is 5.11 Å². The lowest BCUT2D eigenvalue weighted by Gasteiger charge is -2.48. The number of carbonyl (C=O) groups excluding carboxylic acids is 2. The Balaban J connectivity index is 1.67. The van der Waals surface area contributed by atoms with E-state index in [0.717, 1.165) is 10.5 Å². The van der Waals surface area contributed by atoms with Gasteiger partial charge in [-0.3, -0.25) is 14.5 Å². The summed E-state index contributed by atoms with van der Waals surface area (Å²) in [5, 5.41) is 20.9. The van der Waals surface area contributed by atoms with Crippen LogP contribution in [0.2, 0.25) is 0 Å². The Labute approximate surface area is 136 Å². The third kappa shape index (κ3) is 2.77. The number of aliphatic carboxylic acids is 1. The van der Waals surface area contributed by atoms with Crippen LogP contribution in [-0.2, 0) is 20.8 Å². The number of carboxylic acids is 1. The normalized spacial score (nSPS) is 23.1. The lowest BCUT2D eigenvalue weighted by atomic mass is 10.0. The zero-order chi connectivity index (χ0) is 16.6.